The van der Waals surface area contributed by atoms with Crippen molar-refractivity contribution in [2.45, 2.75) is 30.0 Å². The molecule has 0 amide bonds. The molecule has 0 radical (unpaired) electrons. The van der Waals surface area contributed by atoms with Crippen LogP contribution in [0.1, 0.15) is 52.1 Å². The summed E-state index contributed by atoms with van der Waals surface area (Å²) < 4.78 is 15.7. The van der Waals surface area contributed by atoms with Gasteiger partial charge in [-0.15, -0.1) is 10.2 Å². The number of nitrogens with zero attached hydrogens (tertiary/aromatic N) is 5. The molecule has 0 aliphatic heterocycles. The molecule has 0 aliphatic carbocycles. The number of ether oxygens (including phenoxy) is 2. The Kier molecular flexibility index (Phi) is 6.90. The Morgan fingerprint density at radius 2 is 1.63 bits per heavy atom. The predicted molar refractivity (Wildman–Crippen MR) is 107 cm³/mol. The first-order valence-corrected chi connectivity index (χ1v) is 10.5. The van der Waals surface area contributed by atoms with Gasteiger partial charge in [0.1, 0.15) is 9.24 Å². The highest BCUT2D eigenvalue weighted by Crippen LogP contribution is 2.35. The summed E-state index contributed by atoms with van der Waals surface area (Å²) in [6.45, 7) is 5.20. The molecule has 0 N–H and O–H groups in total. The van der Waals surface area contributed by atoms with E-state index >= 15 is 0 Å². The smallest absolute Gasteiger partial charge is 0.361 e. The Balaban J connectivity index is 2.04. The number of carbonyl (C=O) groups excluding carboxylic acids is 3. The van der Waals surface area contributed by atoms with E-state index in [1.807, 2.05) is 0 Å². The van der Waals surface area contributed by atoms with E-state index < -0.39 is 11.9 Å². The predicted octanol–water partition coefficient (Wildman–Crippen LogP) is 2.83. The van der Waals surface area contributed by atoms with Crippen molar-refractivity contribution in [2.24, 2.45) is 0 Å². The molecular formula is C18H17N5O5S2. The maximum atomic E-state index is 12.4. The zero-order valence-corrected chi connectivity index (χ0v) is 18.0. The summed E-state index contributed by atoms with van der Waals surface area (Å²) in [7, 11) is 0. The first-order chi connectivity index (χ1) is 14.5. The van der Waals surface area contributed by atoms with Gasteiger partial charge in [-0.1, -0.05) is 21.5 Å². The van der Waals surface area contributed by atoms with E-state index in [1.165, 1.54) is 11.6 Å². The van der Waals surface area contributed by atoms with E-state index in [0.29, 0.717) is 20.5 Å². The fourth-order valence-electron chi connectivity index (χ4n) is 2.36. The van der Waals surface area contributed by atoms with Gasteiger partial charge in [0.05, 0.1) is 18.9 Å². The Labute approximate surface area is 179 Å². The first kappa shape index (κ1) is 21.6. The van der Waals surface area contributed by atoms with Crippen LogP contribution >= 0.6 is 23.3 Å². The van der Waals surface area contributed by atoms with E-state index in [2.05, 4.69) is 19.9 Å². The van der Waals surface area contributed by atoms with Crippen molar-refractivity contribution >= 4 is 41.0 Å². The second kappa shape index (κ2) is 9.59. The number of esters is 2. The molecule has 30 heavy (non-hydrogen) atoms. The van der Waals surface area contributed by atoms with Crippen molar-refractivity contribution < 1.29 is 23.9 Å². The van der Waals surface area contributed by atoms with Crippen LogP contribution in [0.2, 0.25) is 0 Å². The summed E-state index contributed by atoms with van der Waals surface area (Å²) in [4.78, 5) is 36.1. The highest BCUT2D eigenvalue weighted by Gasteiger charge is 2.27. The van der Waals surface area contributed by atoms with Crippen LogP contribution in [0.5, 0.6) is 0 Å². The third-order valence-corrected chi connectivity index (χ3v) is 5.67. The maximum Gasteiger partial charge on any atom is 0.361 e. The zero-order valence-electron chi connectivity index (χ0n) is 16.3. The number of ketones is 1. The SMILES string of the molecule is CCOC(=O)c1nnsc1Sc1c(C(=O)OCC)nnn1-c1ccc(C(C)=O)cc1. The largest absolute Gasteiger partial charge is 0.461 e. The molecule has 12 heteroatoms. The van der Waals surface area contributed by atoms with Crippen molar-refractivity contribution in [2.75, 3.05) is 13.2 Å². The molecule has 0 saturated carbocycles. The van der Waals surface area contributed by atoms with Crippen LogP contribution < -0.4 is 0 Å². The highest BCUT2D eigenvalue weighted by atomic mass is 32.2. The monoisotopic (exact) mass is 447 g/mol. The summed E-state index contributed by atoms with van der Waals surface area (Å²) in [5.41, 5.74) is 1.14. The second-order valence-corrected chi connectivity index (χ2v) is 7.72. The van der Waals surface area contributed by atoms with E-state index in [0.717, 1.165) is 23.3 Å². The molecule has 0 saturated heterocycles. The Morgan fingerprint density at radius 3 is 2.23 bits per heavy atom. The minimum Gasteiger partial charge on any atom is -0.461 e. The number of hydrogen-bond donors (Lipinski definition) is 0. The lowest BCUT2D eigenvalue weighted by atomic mass is 10.1. The number of hydrogen-bond acceptors (Lipinski definition) is 11. The summed E-state index contributed by atoms with van der Waals surface area (Å²) in [6, 6.07) is 6.66. The molecule has 3 aromatic rings. The van der Waals surface area contributed by atoms with Crippen molar-refractivity contribution in [3.05, 3.63) is 41.2 Å². The van der Waals surface area contributed by atoms with Gasteiger partial charge in [-0.25, -0.2) is 14.3 Å². The molecule has 0 bridgehead atoms. The molecule has 3 rings (SSSR count). The minimum absolute atomic E-state index is 0.0132. The molecule has 2 aromatic heterocycles. The molecule has 0 fully saturated rings. The molecular weight excluding hydrogens is 430 g/mol. The average Bonchev–Trinajstić information content (AvgIpc) is 3.36. The number of rotatable bonds is 8. The normalized spacial score (nSPS) is 10.6. The minimum atomic E-state index is -0.651. The van der Waals surface area contributed by atoms with Gasteiger partial charge in [-0.3, -0.25) is 4.79 Å². The Morgan fingerprint density at radius 1 is 1.00 bits per heavy atom. The van der Waals surface area contributed by atoms with Gasteiger partial charge in [0.2, 0.25) is 5.69 Å². The van der Waals surface area contributed by atoms with E-state index in [9.17, 15) is 14.4 Å². The highest BCUT2D eigenvalue weighted by molar-refractivity contribution is 8.01. The number of carbonyl (C=O) groups is 3. The first-order valence-electron chi connectivity index (χ1n) is 8.87. The van der Waals surface area contributed by atoms with Crippen molar-refractivity contribution in [3.8, 4) is 5.69 Å². The summed E-state index contributed by atoms with van der Waals surface area (Å²) >= 11 is 2.04. The van der Waals surface area contributed by atoms with Crippen LogP contribution in [0, 0.1) is 0 Å². The molecule has 0 atom stereocenters. The molecule has 10 nitrogen and oxygen atoms in total. The topological polar surface area (TPSA) is 126 Å². The molecule has 156 valence electrons. The molecule has 2 heterocycles. The van der Waals surface area contributed by atoms with Crippen LogP contribution in [-0.2, 0) is 9.47 Å². The summed E-state index contributed by atoms with van der Waals surface area (Å²) in [5.74, 6) is -1.34. The standard InChI is InChI=1S/C18H17N5O5S2/c1-4-27-16(25)13-15(29-18-14(20-22-30-18)17(26)28-5-2)23(21-19-13)12-8-6-11(7-9-12)10(3)24/h6-9H,4-5H2,1-3H3. The lowest BCUT2D eigenvalue weighted by molar-refractivity contribution is 0.0507. The third kappa shape index (κ3) is 4.54. The van der Waals surface area contributed by atoms with Crippen LogP contribution in [-0.4, -0.2) is 55.5 Å². The van der Waals surface area contributed by atoms with Gasteiger partial charge < -0.3 is 9.47 Å². The fraction of sp³-hybridized carbons (Fsp3) is 0.278. The van der Waals surface area contributed by atoms with Gasteiger partial charge >= 0.3 is 11.9 Å². The van der Waals surface area contributed by atoms with Crippen molar-refractivity contribution in [1.82, 2.24) is 24.6 Å². The summed E-state index contributed by atoms with van der Waals surface area (Å²) in [6.07, 6.45) is 0. The number of aromatic nitrogens is 5. The van der Waals surface area contributed by atoms with Crippen LogP contribution in [0.3, 0.4) is 0 Å². The van der Waals surface area contributed by atoms with E-state index in [-0.39, 0.29) is 30.4 Å². The molecule has 1 aromatic carbocycles. The maximum absolute atomic E-state index is 12.4. The van der Waals surface area contributed by atoms with E-state index in [1.54, 1.807) is 38.1 Å². The quantitative estimate of drug-likeness (QED) is 0.376. The average molecular weight is 447 g/mol. The number of Topliss-reactive ketones (excluding diaryl/α,β-unsaturated/α-hetero) is 1. The molecule has 0 spiro atoms. The van der Waals surface area contributed by atoms with Crippen LogP contribution in [0.4, 0.5) is 0 Å². The van der Waals surface area contributed by atoms with E-state index in [4.69, 9.17) is 9.47 Å². The fourth-order valence-corrected chi connectivity index (χ4v) is 4.10. The van der Waals surface area contributed by atoms with Gasteiger partial charge in [-0.2, -0.15) is 0 Å². The van der Waals surface area contributed by atoms with Gasteiger partial charge in [0.25, 0.3) is 0 Å². The van der Waals surface area contributed by atoms with Crippen LogP contribution in [0.15, 0.2) is 33.5 Å². The molecule has 0 aliphatic rings. The molecule has 0 unspecified atom stereocenters. The van der Waals surface area contributed by atoms with Crippen LogP contribution in [0.25, 0.3) is 5.69 Å². The Bertz CT molecular complexity index is 1080. The lowest BCUT2D eigenvalue weighted by Gasteiger charge is -2.08. The van der Waals surface area contributed by atoms with Gasteiger partial charge in [-0.05, 0) is 56.6 Å². The van der Waals surface area contributed by atoms with Crippen molar-refractivity contribution in [3.63, 3.8) is 0 Å². The summed E-state index contributed by atoms with van der Waals surface area (Å²) in [5, 5.41) is 12.2. The zero-order chi connectivity index (χ0) is 21.7. The van der Waals surface area contributed by atoms with Gasteiger partial charge in [0.15, 0.2) is 11.5 Å². The second-order valence-electron chi connectivity index (χ2n) is 5.71. The van der Waals surface area contributed by atoms with Crippen molar-refractivity contribution in [1.29, 1.82) is 0 Å². The number of benzene rings is 1. The lowest BCUT2D eigenvalue weighted by Crippen LogP contribution is -2.09. The third-order valence-electron chi connectivity index (χ3n) is 3.73. The van der Waals surface area contributed by atoms with Gasteiger partial charge in [0, 0.05) is 5.56 Å². The Hall–Kier alpha value is -3.12.